The zero-order chi connectivity index (χ0) is 13.1. The van der Waals surface area contributed by atoms with Gasteiger partial charge in [-0.2, -0.15) is 0 Å². The fourth-order valence-electron chi connectivity index (χ4n) is 1.07. The summed E-state index contributed by atoms with van der Waals surface area (Å²) in [5.41, 5.74) is 4.49. The molecular weight excluding hydrogens is 208 g/mol. The molecule has 0 heterocycles. The number of carbonyl (C=O) groups excluding carboxylic acids is 1. The average Bonchev–Trinajstić information content (AvgIpc) is 2.12. The van der Waals surface area contributed by atoms with E-state index in [2.05, 4.69) is 0 Å². The van der Waals surface area contributed by atoms with E-state index in [1.807, 2.05) is 0 Å². The van der Waals surface area contributed by atoms with Crippen LogP contribution in [0.15, 0.2) is 0 Å². The van der Waals surface area contributed by atoms with Crippen molar-refractivity contribution in [3.05, 3.63) is 0 Å². The van der Waals surface area contributed by atoms with Crippen molar-refractivity contribution in [3.63, 3.8) is 0 Å². The lowest BCUT2D eigenvalue weighted by atomic mass is 9.95. The van der Waals surface area contributed by atoms with Gasteiger partial charge in [-0.1, -0.05) is 0 Å². The van der Waals surface area contributed by atoms with Crippen LogP contribution in [0.25, 0.3) is 0 Å². The molecule has 0 radical (unpaired) electrons. The topological polar surface area (TPSA) is 75.8 Å². The molecule has 16 heavy (non-hydrogen) atoms. The number of ether oxygens (including phenoxy) is 1. The van der Waals surface area contributed by atoms with Gasteiger partial charge in [0.2, 0.25) is 0 Å². The molecule has 1 amide bonds. The molecular formula is C11H24N2O3. The molecule has 0 aliphatic rings. The fourth-order valence-corrected chi connectivity index (χ4v) is 1.07. The van der Waals surface area contributed by atoms with Gasteiger partial charge in [-0.05, 0) is 34.6 Å². The van der Waals surface area contributed by atoms with Crippen LogP contribution in [0.4, 0.5) is 4.79 Å². The second-order valence-electron chi connectivity index (χ2n) is 5.43. The molecule has 0 aliphatic carbocycles. The van der Waals surface area contributed by atoms with Crippen molar-refractivity contribution in [1.29, 1.82) is 0 Å². The van der Waals surface area contributed by atoms with E-state index in [0.717, 1.165) is 0 Å². The summed E-state index contributed by atoms with van der Waals surface area (Å²) in [6.45, 7) is 8.69. The first-order valence-electron chi connectivity index (χ1n) is 5.37. The first-order chi connectivity index (χ1) is 7.01. The molecule has 2 unspecified atom stereocenters. The Balaban J connectivity index is 4.56. The second kappa shape index (κ2) is 5.01. The van der Waals surface area contributed by atoms with Crippen molar-refractivity contribution >= 4 is 6.09 Å². The molecule has 5 nitrogen and oxygen atoms in total. The number of carbonyl (C=O) groups is 1. The average molecular weight is 232 g/mol. The number of nitrogens with zero attached hydrogens (tertiary/aromatic N) is 1. The van der Waals surface area contributed by atoms with Gasteiger partial charge in [0.25, 0.3) is 0 Å². The Bertz CT molecular complexity index is 246. The highest BCUT2D eigenvalue weighted by Gasteiger charge is 2.33. The van der Waals surface area contributed by atoms with Crippen molar-refractivity contribution in [1.82, 2.24) is 4.90 Å². The predicted octanol–water partition coefficient (Wildman–Crippen LogP) is 0.952. The van der Waals surface area contributed by atoms with Gasteiger partial charge >= 0.3 is 6.09 Å². The standard InChI is InChI=1S/C11H24N2O3/c1-8(11(5,12)7-14)13(6)9(15)16-10(2,3)4/h8,14H,7,12H2,1-6H3. The summed E-state index contributed by atoms with van der Waals surface area (Å²) in [6.07, 6.45) is -0.440. The zero-order valence-corrected chi connectivity index (χ0v) is 11.1. The highest BCUT2D eigenvalue weighted by atomic mass is 16.6. The van der Waals surface area contributed by atoms with Crippen molar-refractivity contribution < 1.29 is 14.6 Å². The minimum atomic E-state index is -0.842. The van der Waals surface area contributed by atoms with Gasteiger partial charge in [0.15, 0.2) is 0 Å². The first-order valence-corrected chi connectivity index (χ1v) is 5.37. The maximum Gasteiger partial charge on any atom is 0.410 e. The van der Waals surface area contributed by atoms with E-state index in [1.165, 1.54) is 4.90 Å². The van der Waals surface area contributed by atoms with Gasteiger partial charge < -0.3 is 20.5 Å². The molecule has 0 aromatic carbocycles. The Hall–Kier alpha value is -0.810. The van der Waals surface area contributed by atoms with E-state index in [0.29, 0.717) is 0 Å². The van der Waals surface area contributed by atoms with E-state index >= 15 is 0 Å². The SMILES string of the molecule is CC(N(C)C(=O)OC(C)(C)C)C(C)(N)CO. The summed E-state index contributed by atoms with van der Waals surface area (Å²) in [5, 5.41) is 9.12. The number of amides is 1. The number of rotatable bonds is 3. The van der Waals surface area contributed by atoms with Gasteiger partial charge in [-0.3, -0.25) is 0 Å². The smallest absolute Gasteiger partial charge is 0.410 e. The third-order valence-electron chi connectivity index (χ3n) is 2.56. The molecule has 0 fully saturated rings. The third kappa shape index (κ3) is 4.37. The van der Waals surface area contributed by atoms with Crippen LogP contribution in [0.3, 0.4) is 0 Å². The number of aliphatic hydroxyl groups excluding tert-OH is 1. The van der Waals surface area contributed by atoms with E-state index in [4.69, 9.17) is 15.6 Å². The maximum atomic E-state index is 11.7. The monoisotopic (exact) mass is 232 g/mol. The van der Waals surface area contributed by atoms with Crippen molar-refractivity contribution in [2.75, 3.05) is 13.7 Å². The summed E-state index contributed by atoms with van der Waals surface area (Å²) >= 11 is 0. The molecule has 0 rings (SSSR count). The lowest BCUT2D eigenvalue weighted by molar-refractivity contribution is 0.0128. The summed E-state index contributed by atoms with van der Waals surface area (Å²) in [6, 6.07) is -0.313. The molecule has 0 bridgehead atoms. The Morgan fingerprint density at radius 3 is 2.19 bits per heavy atom. The highest BCUT2D eigenvalue weighted by Crippen LogP contribution is 2.15. The fraction of sp³-hybridized carbons (Fsp3) is 0.909. The molecule has 96 valence electrons. The highest BCUT2D eigenvalue weighted by molar-refractivity contribution is 5.68. The van der Waals surface area contributed by atoms with Gasteiger partial charge in [0, 0.05) is 7.05 Å². The van der Waals surface area contributed by atoms with Crippen LogP contribution in [0.2, 0.25) is 0 Å². The van der Waals surface area contributed by atoms with Gasteiger partial charge in [0.05, 0.1) is 18.2 Å². The summed E-state index contributed by atoms with van der Waals surface area (Å²) in [4.78, 5) is 13.1. The number of likely N-dealkylation sites (N-methyl/N-ethyl adjacent to an activating group) is 1. The largest absolute Gasteiger partial charge is 0.444 e. The van der Waals surface area contributed by atoms with Gasteiger partial charge in [-0.25, -0.2) is 4.79 Å². The molecule has 5 heteroatoms. The number of nitrogens with two attached hydrogens (primary N) is 1. The number of hydrogen-bond donors (Lipinski definition) is 2. The molecule has 3 N–H and O–H groups in total. The third-order valence-corrected chi connectivity index (χ3v) is 2.56. The normalized spacial score (nSPS) is 17.5. The summed E-state index contributed by atoms with van der Waals surface area (Å²) < 4.78 is 5.21. The molecule has 0 aromatic heterocycles. The predicted molar refractivity (Wildman–Crippen MR) is 63.1 cm³/mol. The van der Waals surface area contributed by atoms with Crippen LogP contribution in [-0.4, -0.2) is 46.9 Å². The Morgan fingerprint density at radius 2 is 1.88 bits per heavy atom. The Morgan fingerprint density at radius 1 is 1.44 bits per heavy atom. The second-order valence-corrected chi connectivity index (χ2v) is 5.43. The zero-order valence-electron chi connectivity index (χ0n) is 11.1. The van der Waals surface area contributed by atoms with E-state index in [1.54, 1.807) is 41.7 Å². The maximum absolute atomic E-state index is 11.7. The van der Waals surface area contributed by atoms with Crippen LogP contribution in [-0.2, 0) is 4.74 Å². The lowest BCUT2D eigenvalue weighted by Crippen LogP contribution is -2.58. The first kappa shape index (κ1) is 15.2. The quantitative estimate of drug-likeness (QED) is 0.759. The molecule has 0 aromatic rings. The minimum absolute atomic E-state index is 0.193. The van der Waals surface area contributed by atoms with Crippen LogP contribution >= 0.6 is 0 Å². The molecule has 2 atom stereocenters. The van der Waals surface area contributed by atoms with Gasteiger partial charge in [0.1, 0.15) is 5.60 Å². The minimum Gasteiger partial charge on any atom is -0.444 e. The summed E-state index contributed by atoms with van der Waals surface area (Å²) in [5.74, 6) is 0. The van der Waals surface area contributed by atoms with E-state index < -0.39 is 17.2 Å². The molecule has 0 saturated carbocycles. The van der Waals surface area contributed by atoms with Crippen LogP contribution in [0.1, 0.15) is 34.6 Å². The lowest BCUT2D eigenvalue weighted by Gasteiger charge is -2.37. The van der Waals surface area contributed by atoms with Crippen molar-refractivity contribution in [3.8, 4) is 0 Å². The van der Waals surface area contributed by atoms with E-state index in [9.17, 15) is 4.79 Å². The molecule has 0 spiro atoms. The molecule has 0 saturated heterocycles. The van der Waals surface area contributed by atoms with Crippen LogP contribution in [0.5, 0.6) is 0 Å². The molecule has 0 aliphatic heterocycles. The Labute approximate surface area is 97.6 Å². The Kier molecular flexibility index (Phi) is 4.76. The summed E-state index contributed by atoms with van der Waals surface area (Å²) in [7, 11) is 1.61. The van der Waals surface area contributed by atoms with Crippen LogP contribution in [0, 0.1) is 0 Å². The number of hydrogen-bond acceptors (Lipinski definition) is 4. The van der Waals surface area contributed by atoms with Crippen LogP contribution < -0.4 is 5.73 Å². The van der Waals surface area contributed by atoms with Gasteiger partial charge in [-0.15, -0.1) is 0 Å². The van der Waals surface area contributed by atoms with Crippen molar-refractivity contribution in [2.24, 2.45) is 5.73 Å². The number of aliphatic hydroxyl groups is 1. The van der Waals surface area contributed by atoms with Crippen molar-refractivity contribution in [2.45, 2.75) is 51.8 Å². The van der Waals surface area contributed by atoms with E-state index in [-0.39, 0.29) is 12.6 Å².